The van der Waals surface area contributed by atoms with Crippen molar-refractivity contribution in [3.05, 3.63) is 23.0 Å². The van der Waals surface area contributed by atoms with E-state index in [0.29, 0.717) is 26.2 Å². The highest BCUT2D eigenvalue weighted by Crippen LogP contribution is 2.30. The van der Waals surface area contributed by atoms with Crippen molar-refractivity contribution in [1.82, 2.24) is 9.21 Å². The number of likely N-dealkylation sites (N-methyl/N-ethyl adjacent to an activating group) is 1. The Bertz CT molecular complexity index is 688. The lowest BCUT2D eigenvalue weighted by Crippen LogP contribution is -2.47. The van der Waals surface area contributed by atoms with Crippen LogP contribution in [-0.4, -0.2) is 56.8 Å². The number of carbonyl (C=O) groups is 1. The van der Waals surface area contributed by atoms with E-state index in [0.717, 1.165) is 12.1 Å². The lowest BCUT2D eigenvalue weighted by molar-refractivity contribution is -0.114. The quantitative estimate of drug-likeness (QED) is 0.895. The first-order valence-corrected chi connectivity index (χ1v) is 8.49. The van der Waals surface area contributed by atoms with Crippen molar-refractivity contribution in [3.8, 4) is 0 Å². The summed E-state index contributed by atoms with van der Waals surface area (Å²) in [6.45, 7) is 3.01. The third kappa shape index (κ3) is 3.57. The summed E-state index contributed by atoms with van der Waals surface area (Å²) in [6, 6.07) is 1.96. The maximum atomic E-state index is 14.2. The number of hydrogen-bond acceptors (Lipinski definition) is 4. The molecule has 0 aliphatic carbocycles. The van der Waals surface area contributed by atoms with Crippen molar-refractivity contribution in [1.29, 1.82) is 0 Å². The van der Waals surface area contributed by atoms with Crippen molar-refractivity contribution in [2.24, 2.45) is 0 Å². The molecule has 6 nitrogen and oxygen atoms in total. The summed E-state index contributed by atoms with van der Waals surface area (Å²) >= 11 is 5.94. The Kier molecular flexibility index (Phi) is 5.06. The van der Waals surface area contributed by atoms with Gasteiger partial charge in [0.15, 0.2) is 0 Å². The van der Waals surface area contributed by atoms with Gasteiger partial charge in [0, 0.05) is 39.2 Å². The molecular weight excluding hydrogens is 333 g/mol. The summed E-state index contributed by atoms with van der Waals surface area (Å²) in [7, 11) is -2.06. The van der Waals surface area contributed by atoms with E-state index >= 15 is 0 Å². The average molecular weight is 350 g/mol. The van der Waals surface area contributed by atoms with E-state index in [-0.39, 0.29) is 10.7 Å². The Morgan fingerprint density at radius 1 is 1.27 bits per heavy atom. The lowest BCUT2D eigenvalue weighted by atomic mass is 10.3. The predicted molar refractivity (Wildman–Crippen MR) is 82.0 cm³/mol. The van der Waals surface area contributed by atoms with Crippen LogP contribution in [0.2, 0.25) is 5.02 Å². The molecule has 122 valence electrons. The van der Waals surface area contributed by atoms with E-state index in [2.05, 4.69) is 5.32 Å². The molecule has 1 aromatic rings. The SMILES string of the molecule is CC(=O)Nc1cc(F)c(S(=O)(=O)N2CCN(C)CC2)cc1Cl. The minimum absolute atomic E-state index is 0.0238. The Morgan fingerprint density at radius 3 is 2.41 bits per heavy atom. The Balaban J connectivity index is 2.35. The molecule has 0 aromatic heterocycles. The fourth-order valence-electron chi connectivity index (χ4n) is 2.18. The molecular formula is C13H17ClFN3O3S. The second-order valence-electron chi connectivity index (χ2n) is 5.15. The number of carbonyl (C=O) groups excluding carboxylic acids is 1. The summed E-state index contributed by atoms with van der Waals surface area (Å²) in [4.78, 5) is 12.5. The van der Waals surface area contributed by atoms with Gasteiger partial charge in [0.2, 0.25) is 15.9 Å². The highest BCUT2D eigenvalue weighted by molar-refractivity contribution is 7.89. The normalized spacial score (nSPS) is 17.5. The average Bonchev–Trinajstić information content (AvgIpc) is 2.42. The third-order valence-electron chi connectivity index (χ3n) is 3.41. The molecule has 1 aliphatic rings. The van der Waals surface area contributed by atoms with Crippen LogP contribution in [0.3, 0.4) is 0 Å². The number of nitrogens with one attached hydrogen (secondary N) is 1. The molecule has 9 heteroatoms. The highest BCUT2D eigenvalue weighted by atomic mass is 35.5. The van der Waals surface area contributed by atoms with Crippen molar-refractivity contribution < 1.29 is 17.6 Å². The minimum atomic E-state index is -3.95. The van der Waals surface area contributed by atoms with Crippen LogP contribution < -0.4 is 5.32 Å². The smallest absolute Gasteiger partial charge is 0.246 e. The van der Waals surface area contributed by atoms with E-state index < -0.39 is 26.6 Å². The molecule has 0 radical (unpaired) electrons. The molecule has 22 heavy (non-hydrogen) atoms. The zero-order valence-corrected chi connectivity index (χ0v) is 13.8. The fourth-order valence-corrected chi connectivity index (χ4v) is 3.95. The first kappa shape index (κ1) is 17.1. The molecule has 1 aromatic carbocycles. The summed E-state index contributed by atoms with van der Waals surface area (Å²) in [6.07, 6.45) is 0. The molecule has 1 heterocycles. The lowest BCUT2D eigenvalue weighted by Gasteiger charge is -2.31. The Hall–Kier alpha value is -1.22. The van der Waals surface area contributed by atoms with Crippen LogP contribution in [-0.2, 0) is 14.8 Å². The topological polar surface area (TPSA) is 69.7 Å². The van der Waals surface area contributed by atoms with Gasteiger partial charge in [-0.05, 0) is 13.1 Å². The number of rotatable bonds is 3. The number of anilines is 1. The van der Waals surface area contributed by atoms with Crippen LogP contribution in [0.5, 0.6) is 0 Å². The van der Waals surface area contributed by atoms with Crippen LogP contribution in [0, 0.1) is 5.82 Å². The van der Waals surface area contributed by atoms with Crippen LogP contribution in [0.4, 0.5) is 10.1 Å². The molecule has 0 bridgehead atoms. The van der Waals surface area contributed by atoms with Crippen LogP contribution in [0.15, 0.2) is 17.0 Å². The van der Waals surface area contributed by atoms with Gasteiger partial charge in [-0.25, -0.2) is 12.8 Å². The number of hydrogen-bond donors (Lipinski definition) is 1. The molecule has 1 fully saturated rings. The monoisotopic (exact) mass is 349 g/mol. The molecule has 1 amide bonds. The zero-order valence-electron chi connectivity index (χ0n) is 12.3. The van der Waals surface area contributed by atoms with E-state index in [9.17, 15) is 17.6 Å². The van der Waals surface area contributed by atoms with Crippen molar-refractivity contribution in [3.63, 3.8) is 0 Å². The molecule has 1 aliphatic heterocycles. The van der Waals surface area contributed by atoms with Crippen molar-refractivity contribution in [2.75, 3.05) is 38.5 Å². The number of sulfonamides is 1. The highest BCUT2D eigenvalue weighted by Gasteiger charge is 2.30. The maximum Gasteiger partial charge on any atom is 0.246 e. The second kappa shape index (κ2) is 6.49. The second-order valence-corrected chi connectivity index (χ2v) is 7.46. The number of piperazine rings is 1. The molecule has 1 saturated heterocycles. The van der Waals surface area contributed by atoms with Crippen LogP contribution in [0.1, 0.15) is 6.92 Å². The summed E-state index contributed by atoms with van der Waals surface area (Å²) < 4.78 is 40.5. The summed E-state index contributed by atoms with van der Waals surface area (Å²) in [5.74, 6) is -1.36. The first-order valence-electron chi connectivity index (χ1n) is 6.67. The zero-order chi connectivity index (χ0) is 16.5. The molecule has 1 N–H and O–H groups in total. The van der Waals surface area contributed by atoms with Gasteiger partial charge in [0.1, 0.15) is 10.7 Å². The minimum Gasteiger partial charge on any atom is -0.325 e. The standard InChI is InChI=1S/C13H17ClFN3O3S/c1-9(19)16-12-8-11(15)13(7-10(12)14)22(20,21)18-5-3-17(2)4-6-18/h7-8H,3-6H2,1-2H3,(H,16,19). The molecule has 2 rings (SSSR count). The van der Waals surface area contributed by atoms with Gasteiger partial charge in [0.05, 0.1) is 10.7 Å². The molecule has 0 unspecified atom stereocenters. The van der Waals surface area contributed by atoms with Gasteiger partial charge in [-0.3, -0.25) is 4.79 Å². The largest absolute Gasteiger partial charge is 0.325 e. The molecule has 0 spiro atoms. The number of amides is 1. The van der Waals surface area contributed by atoms with Crippen LogP contribution in [0.25, 0.3) is 0 Å². The third-order valence-corrected chi connectivity index (χ3v) is 5.64. The van der Waals surface area contributed by atoms with Gasteiger partial charge in [-0.2, -0.15) is 4.31 Å². The van der Waals surface area contributed by atoms with Crippen LogP contribution >= 0.6 is 11.6 Å². The Morgan fingerprint density at radius 2 is 1.86 bits per heavy atom. The Labute approximate surface area is 133 Å². The van der Waals surface area contributed by atoms with Gasteiger partial charge in [-0.15, -0.1) is 0 Å². The van der Waals surface area contributed by atoms with Crippen molar-refractivity contribution in [2.45, 2.75) is 11.8 Å². The van der Waals surface area contributed by atoms with Gasteiger partial charge in [0.25, 0.3) is 0 Å². The summed E-state index contributed by atoms with van der Waals surface area (Å²) in [5, 5.41) is 2.33. The van der Waals surface area contributed by atoms with Gasteiger partial charge in [-0.1, -0.05) is 11.6 Å². The van der Waals surface area contributed by atoms with E-state index in [1.165, 1.54) is 11.2 Å². The number of benzene rings is 1. The van der Waals surface area contributed by atoms with Gasteiger partial charge < -0.3 is 10.2 Å². The van der Waals surface area contributed by atoms with E-state index in [1.807, 2.05) is 11.9 Å². The maximum absolute atomic E-state index is 14.2. The predicted octanol–water partition coefficient (Wildman–Crippen LogP) is 1.37. The van der Waals surface area contributed by atoms with Gasteiger partial charge >= 0.3 is 0 Å². The first-order chi connectivity index (χ1) is 10.2. The van der Waals surface area contributed by atoms with E-state index in [4.69, 9.17) is 11.6 Å². The molecule has 0 saturated carbocycles. The van der Waals surface area contributed by atoms with Crippen molar-refractivity contribution >= 4 is 33.2 Å². The number of nitrogens with zero attached hydrogens (tertiary/aromatic N) is 2. The fraction of sp³-hybridized carbons (Fsp3) is 0.462. The molecule has 0 atom stereocenters. The summed E-state index contributed by atoms with van der Waals surface area (Å²) in [5.41, 5.74) is 0.0454. The van der Waals surface area contributed by atoms with E-state index in [1.54, 1.807) is 0 Å². The number of halogens is 2.